The first-order valence-corrected chi connectivity index (χ1v) is 4.94. The van der Waals surface area contributed by atoms with Gasteiger partial charge in [-0.25, -0.2) is 13.8 Å². The molecule has 0 fully saturated rings. The highest BCUT2D eigenvalue weighted by atomic mass is 35.5. The Labute approximate surface area is 96.6 Å². The summed E-state index contributed by atoms with van der Waals surface area (Å²) in [4.78, 5) is 3.73. The zero-order chi connectivity index (χ0) is 12.1. The van der Waals surface area contributed by atoms with Crippen LogP contribution >= 0.6 is 11.6 Å². The first kappa shape index (κ1) is 12.7. The Bertz CT molecular complexity index is 418. The first-order valence-electron chi connectivity index (χ1n) is 4.41. The average molecular weight is 247 g/mol. The van der Waals surface area contributed by atoms with Crippen LogP contribution in [-0.2, 0) is 12.3 Å². The van der Waals surface area contributed by atoms with Crippen LogP contribution in [0.4, 0.5) is 8.78 Å². The number of nitriles is 1. The number of aromatic nitrogens is 1. The van der Waals surface area contributed by atoms with Crippen molar-refractivity contribution < 1.29 is 13.5 Å². The fourth-order valence-electron chi connectivity index (χ4n) is 1.37. The van der Waals surface area contributed by atoms with Crippen molar-refractivity contribution in [3.05, 3.63) is 22.9 Å². The maximum absolute atomic E-state index is 12.6. The summed E-state index contributed by atoms with van der Waals surface area (Å²) >= 11 is 5.62. The summed E-state index contributed by atoms with van der Waals surface area (Å²) in [5.41, 5.74) is 0.309. The number of rotatable bonds is 4. The van der Waals surface area contributed by atoms with E-state index in [0.717, 1.165) is 6.20 Å². The van der Waals surface area contributed by atoms with Gasteiger partial charge in [-0.3, -0.25) is 0 Å². The number of alkyl halides is 3. The third-order valence-electron chi connectivity index (χ3n) is 2.11. The van der Waals surface area contributed by atoms with Gasteiger partial charge in [-0.2, -0.15) is 5.26 Å². The molecule has 0 aliphatic heterocycles. The van der Waals surface area contributed by atoms with Crippen LogP contribution in [0.3, 0.4) is 0 Å². The van der Waals surface area contributed by atoms with Gasteiger partial charge in [-0.1, -0.05) is 0 Å². The molecule has 0 saturated carbocycles. The average Bonchev–Trinajstić information content (AvgIpc) is 2.28. The molecule has 0 spiro atoms. The summed E-state index contributed by atoms with van der Waals surface area (Å²) in [6, 6.07) is 1.88. The largest absolute Gasteiger partial charge is 0.481 e. The lowest BCUT2D eigenvalue weighted by atomic mass is 10.0. The number of hydrogen-bond donors (Lipinski definition) is 0. The minimum absolute atomic E-state index is 0.0568. The highest BCUT2D eigenvalue weighted by Gasteiger charge is 2.19. The predicted octanol–water partition coefficient (Wildman–Crippen LogP) is 2.83. The van der Waals surface area contributed by atoms with E-state index in [0.29, 0.717) is 5.56 Å². The van der Waals surface area contributed by atoms with E-state index in [2.05, 4.69) is 4.98 Å². The summed E-state index contributed by atoms with van der Waals surface area (Å²) in [5.74, 6) is 0.0665. The van der Waals surface area contributed by atoms with Crippen molar-refractivity contribution in [2.24, 2.45) is 0 Å². The lowest BCUT2D eigenvalue weighted by Gasteiger charge is -2.13. The first-order chi connectivity index (χ1) is 7.65. The van der Waals surface area contributed by atoms with Gasteiger partial charge in [-0.05, 0) is 5.56 Å². The molecule has 0 saturated heterocycles. The van der Waals surface area contributed by atoms with Crippen molar-refractivity contribution in [2.75, 3.05) is 7.11 Å². The van der Waals surface area contributed by atoms with Gasteiger partial charge in [0.25, 0.3) is 6.43 Å². The second kappa shape index (κ2) is 5.61. The van der Waals surface area contributed by atoms with Crippen molar-refractivity contribution in [1.29, 1.82) is 5.26 Å². The summed E-state index contributed by atoms with van der Waals surface area (Å²) in [6.45, 7) is 0. The quantitative estimate of drug-likeness (QED) is 0.768. The molecule has 0 unspecified atom stereocenters. The van der Waals surface area contributed by atoms with Gasteiger partial charge in [0.2, 0.25) is 5.88 Å². The van der Waals surface area contributed by atoms with Crippen LogP contribution in [0.15, 0.2) is 6.20 Å². The Morgan fingerprint density at radius 1 is 1.56 bits per heavy atom. The molecule has 0 N–H and O–H groups in total. The van der Waals surface area contributed by atoms with Gasteiger partial charge < -0.3 is 4.74 Å². The molecule has 1 rings (SSSR count). The highest BCUT2D eigenvalue weighted by Crippen LogP contribution is 2.30. The van der Waals surface area contributed by atoms with Gasteiger partial charge in [0.05, 0.1) is 19.6 Å². The highest BCUT2D eigenvalue weighted by molar-refractivity contribution is 6.17. The fourth-order valence-corrected chi connectivity index (χ4v) is 1.69. The predicted molar refractivity (Wildman–Crippen MR) is 54.6 cm³/mol. The summed E-state index contributed by atoms with van der Waals surface area (Å²) in [5, 5.41) is 8.63. The van der Waals surface area contributed by atoms with Crippen LogP contribution in [0, 0.1) is 11.3 Å². The van der Waals surface area contributed by atoms with E-state index in [-0.39, 0.29) is 29.3 Å². The summed E-state index contributed by atoms with van der Waals surface area (Å²) in [6.07, 6.45) is -1.69. The lowest BCUT2D eigenvalue weighted by Crippen LogP contribution is -2.04. The number of ether oxygens (including phenoxy) is 1. The van der Waals surface area contributed by atoms with E-state index in [9.17, 15) is 8.78 Å². The molecule has 3 nitrogen and oxygen atoms in total. The molecule has 16 heavy (non-hydrogen) atoms. The molecular formula is C10H9ClF2N2O. The molecule has 1 aromatic heterocycles. The van der Waals surface area contributed by atoms with Crippen LogP contribution < -0.4 is 4.74 Å². The smallest absolute Gasteiger partial charge is 0.265 e. The third-order valence-corrected chi connectivity index (χ3v) is 2.38. The number of nitrogens with zero attached hydrogens (tertiary/aromatic N) is 2. The Hall–Kier alpha value is -1.41. The monoisotopic (exact) mass is 246 g/mol. The van der Waals surface area contributed by atoms with Gasteiger partial charge in [0.1, 0.15) is 0 Å². The molecule has 0 amide bonds. The molecular weight excluding hydrogens is 238 g/mol. The molecule has 1 heterocycles. The molecule has 0 atom stereocenters. The summed E-state index contributed by atoms with van der Waals surface area (Å²) in [7, 11) is 1.36. The Kier molecular flexibility index (Phi) is 4.44. The van der Waals surface area contributed by atoms with Crippen molar-refractivity contribution >= 4 is 11.6 Å². The minimum Gasteiger partial charge on any atom is -0.481 e. The Morgan fingerprint density at radius 3 is 2.69 bits per heavy atom. The summed E-state index contributed by atoms with van der Waals surface area (Å²) < 4.78 is 30.2. The molecule has 0 aliphatic carbocycles. The number of methoxy groups -OCH3 is 1. The van der Waals surface area contributed by atoms with Crippen LogP contribution in [0.2, 0.25) is 0 Å². The minimum atomic E-state index is -2.66. The van der Waals surface area contributed by atoms with Crippen molar-refractivity contribution in [3.63, 3.8) is 0 Å². The molecule has 6 heteroatoms. The van der Waals surface area contributed by atoms with E-state index in [1.165, 1.54) is 7.11 Å². The molecule has 0 aromatic carbocycles. The number of pyridine rings is 1. The second-order valence-electron chi connectivity index (χ2n) is 2.95. The van der Waals surface area contributed by atoms with Gasteiger partial charge in [-0.15, -0.1) is 11.6 Å². The van der Waals surface area contributed by atoms with Crippen LogP contribution in [0.1, 0.15) is 23.1 Å². The lowest BCUT2D eigenvalue weighted by molar-refractivity contribution is 0.149. The van der Waals surface area contributed by atoms with E-state index in [4.69, 9.17) is 21.6 Å². The van der Waals surface area contributed by atoms with Crippen molar-refractivity contribution in [1.82, 2.24) is 4.98 Å². The van der Waals surface area contributed by atoms with E-state index in [1.807, 2.05) is 6.07 Å². The zero-order valence-electron chi connectivity index (χ0n) is 8.51. The molecule has 1 aromatic rings. The second-order valence-corrected chi connectivity index (χ2v) is 3.22. The van der Waals surface area contributed by atoms with Crippen LogP contribution in [-0.4, -0.2) is 12.1 Å². The topological polar surface area (TPSA) is 45.9 Å². The normalized spacial score (nSPS) is 10.2. The van der Waals surface area contributed by atoms with Crippen LogP contribution in [0.5, 0.6) is 5.88 Å². The Morgan fingerprint density at radius 2 is 2.25 bits per heavy atom. The van der Waals surface area contributed by atoms with Crippen LogP contribution in [0.25, 0.3) is 0 Å². The van der Waals surface area contributed by atoms with E-state index in [1.54, 1.807) is 0 Å². The van der Waals surface area contributed by atoms with Crippen molar-refractivity contribution in [3.8, 4) is 11.9 Å². The standard InChI is InChI=1S/C10H9ClF2N2O/c1-16-10-6(2-3-14)7(4-11)8(5-15-10)9(12)13/h5,9H,2,4H2,1H3. The van der Waals surface area contributed by atoms with Crippen molar-refractivity contribution in [2.45, 2.75) is 18.7 Å². The number of hydrogen-bond acceptors (Lipinski definition) is 3. The zero-order valence-corrected chi connectivity index (χ0v) is 9.26. The molecule has 0 bridgehead atoms. The maximum atomic E-state index is 12.6. The van der Waals surface area contributed by atoms with E-state index >= 15 is 0 Å². The molecule has 0 aliphatic rings. The van der Waals surface area contributed by atoms with E-state index < -0.39 is 6.43 Å². The fraction of sp³-hybridized carbons (Fsp3) is 0.400. The third kappa shape index (κ3) is 2.39. The Balaban J connectivity index is 3.38. The van der Waals surface area contributed by atoms with Gasteiger partial charge >= 0.3 is 0 Å². The SMILES string of the molecule is COc1ncc(C(F)F)c(CCl)c1CC#N. The van der Waals surface area contributed by atoms with Gasteiger partial charge in [0.15, 0.2) is 0 Å². The number of halogens is 3. The maximum Gasteiger partial charge on any atom is 0.265 e. The molecule has 0 radical (unpaired) electrons. The molecule has 86 valence electrons. The van der Waals surface area contributed by atoms with Gasteiger partial charge in [0, 0.05) is 23.2 Å².